The molecule has 1 aromatic heterocycles. The van der Waals surface area contributed by atoms with Gasteiger partial charge in [0, 0.05) is 45.0 Å². The summed E-state index contributed by atoms with van der Waals surface area (Å²) >= 11 is 0. The van der Waals surface area contributed by atoms with Crippen molar-refractivity contribution in [1.29, 1.82) is 0 Å². The molecule has 1 aromatic rings. The van der Waals surface area contributed by atoms with Crippen LogP contribution in [0.5, 0.6) is 0 Å². The molecule has 2 saturated heterocycles. The Morgan fingerprint density at radius 2 is 1.96 bits per heavy atom. The smallest absolute Gasteiger partial charge is 0.194 e. The summed E-state index contributed by atoms with van der Waals surface area (Å²) in [7, 11) is -2.83. The van der Waals surface area contributed by atoms with Gasteiger partial charge in [0.15, 0.2) is 15.8 Å². The van der Waals surface area contributed by atoms with Gasteiger partial charge in [0.2, 0.25) is 0 Å². The molecule has 1 unspecified atom stereocenters. The second kappa shape index (κ2) is 8.93. The summed E-state index contributed by atoms with van der Waals surface area (Å²) in [5.41, 5.74) is 0. The molecule has 150 valence electrons. The number of piperazine rings is 1. The number of aliphatic imine (C=N–C) groups is 1. The van der Waals surface area contributed by atoms with Crippen LogP contribution in [0.15, 0.2) is 29.4 Å². The molecule has 1 atom stereocenters. The molecule has 3 aliphatic rings. The number of rotatable bonds is 4. The molecule has 1 aliphatic carbocycles. The Morgan fingerprint density at radius 3 is 2.56 bits per heavy atom. The van der Waals surface area contributed by atoms with Crippen LogP contribution in [0.1, 0.15) is 19.3 Å². The van der Waals surface area contributed by atoms with Gasteiger partial charge < -0.3 is 15.1 Å². The van der Waals surface area contributed by atoms with Gasteiger partial charge in [-0.25, -0.2) is 13.4 Å². The van der Waals surface area contributed by atoms with Crippen LogP contribution in [-0.4, -0.2) is 74.5 Å². The average molecular weight is 505 g/mol. The number of hydrogen-bond donors (Lipinski definition) is 1. The summed E-state index contributed by atoms with van der Waals surface area (Å²) in [5, 5.41) is 3.55. The first kappa shape index (κ1) is 20.6. The minimum absolute atomic E-state index is 0. The number of guanidine groups is 1. The van der Waals surface area contributed by atoms with Crippen LogP contribution in [0.4, 0.5) is 5.82 Å². The van der Waals surface area contributed by atoms with Gasteiger partial charge >= 0.3 is 0 Å². The van der Waals surface area contributed by atoms with Gasteiger partial charge in [-0.2, -0.15) is 0 Å². The van der Waals surface area contributed by atoms with E-state index in [1.807, 2.05) is 24.4 Å². The highest BCUT2D eigenvalue weighted by atomic mass is 127. The van der Waals surface area contributed by atoms with Crippen LogP contribution in [0.25, 0.3) is 0 Å². The molecular formula is C18H28IN5O2S. The number of nitrogens with one attached hydrogen (secondary N) is 1. The number of anilines is 1. The molecule has 4 rings (SSSR count). The van der Waals surface area contributed by atoms with Crippen molar-refractivity contribution >= 4 is 45.6 Å². The van der Waals surface area contributed by atoms with Gasteiger partial charge in [0.05, 0.1) is 11.5 Å². The Labute approximate surface area is 178 Å². The lowest BCUT2D eigenvalue weighted by Crippen LogP contribution is -2.53. The van der Waals surface area contributed by atoms with Gasteiger partial charge in [-0.3, -0.25) is 4.99 Å². The van der Waals surface area contributed by atoms with Crippen LogP contribution < -0.4 is 10.2 Å². The van der Waals surface area contributed by atoms with E-state index in [1.54, 1.807) is 0 Å². The van der Waals surface area contributed by atoms with E-state index in [0.717, 1.165) is 44.4 Å². The fraction of sp³-hybridized carbons (Fsp3) is 0.667. The third-order valence-corrected chi connectivity index (χ3v) is 7.13. The first-order chi connectivity index (χ1) is 12.6. The maximum absolute atomic E-state index is 11.7. The number of nitrogens with zero attached hydrogens (tertiary/aromatic N) is 4. The van der Waals surface area contributed by atoms with E-state index in [4.69, 9.17) is 4.99 Å². The Kier molecular flexibility index (Phi) is 6.83. The van der Waals surface area contributed by atoms with Crippen molar-refractivity contribution in [3.05, 3.63) is 24.4 Å². The topological polar surface area (TPSA) is 77.9 Å². The Balaban J connectivity index is 0.00000210. The third kappa shape index (κ3) is 5.69. The molecule has 0 aromatic carbocycles. The maximum atomic E-state index is 11.7. The van der Waals surface area contributed by atoms with Crippen molar-refractivity contribution in [1.82, 2.24) is 15.2 Å². The summed E-state index contributed by atoms with van der Waals surface area (Å²) in [6, 6.07) is 6.54. The molecule has 9 heteroatoms. The number of aromatic nitrogens is 1. The van der Waals surface area contributed by atoms with Crippen molar-refractivity contribution in [3.8, 4) is 0 Å². The molecule has 0 bridgehead atoms. The van der Waals surface area contributed by atoms with Crippen molar-refractivity contribution < 1.29 is 8.42 Å². The highest BCUT2D eigenvalue weighted by Gasteiger charge is 2.30. The quantitative estimate of drug-likeness (QED) is 0.379. The van der Waals surface area contributed by atoms with Crippen molar-refractivity contribution in [3.63, 3.8) is 0 Å². The lowest BCUT2D eigenvalue weighted by molar-refractivity contribution is 0.369. The average Bonchev–Trinajstić information content (AvgIpc) is 3.41. The fourth-order valence-corrected chi connectivity index (χ4v) is 5.42. The highest BCUT2D eigenvalue weighted by Crippen LogP contribution is 2.21. The second-order valence-electron chi connectivity index (χ2n) is 7.51. The summed E-state index contributed by atoms with van der Waals surface area (Å²) < 4.78 is 23.3. The number of sulfone groups is 1. The zero-order valence-electron chi connectivity index (χ0n) is 15.5. The summed E-state index contributed by atoms with van der Waals surface area (Å²) in [6.07, 6.45) is 4.98. The first-order valence-electron chi connectivity index (χ1n) is 9.51. The van der Waals surface area contributed by atoms with Crippen LogP contribution in [0.2, 0.25) is 0 Å². The lowest BCUT2D eigenvalue weighted by Gasteiger charge is -2.37. The van der Waals surface area contributed by atoms with Gasteiger partial charge in [0.25, 0.3) is 0 Å². The van der Waals surface area contributed by atoms with Crippen molar-refractivity contribution in [2.24, 2.45) is 10.9 Å². The minimum atomic E-state index is -2.83. The number of halogens is 1. The summed E-state index contributed by atoms with van der Waals surface area (Å²) in [4.78, 5) is 13.9. The monoisotopic (exact) mass is 505 g/mol. The molecule has 1 saturated carbocycles. The third-order valence-electron chi connectivity index (χ3n) is 5.29. The minimum Gasteiger partial charge on any atom is -0.354 e. The summed E-state index contributed by atoms with van der Waals surface area (Å²) in [5.74, 6) is 2.77. The SMILES string of the molecule is I.O=S1(=O)CCC(CN=C(NC2CC2)N2CCN(c3ccccn3)CC2)C1. The normalized spacial score (nSPS) is 25.2. The van der Waals surface area contributed by atoms with E-state index < -0.39 is 9.84 Å². The Hall–Kier alpha value is -1.10. The van der Waals surface area contributed by atoms with Gasteiger partial charge in [-0.1, -0.05) is 6.07 Å². The predicted octanol–water partition coefficient (Wildman–Crippen LogP) is 1.36. The standard InChI is InChI=1S/C18H27N5O2S.HI/c24-26(25)12-6-15(14-26)13-20-18(21-16-4-5-16)23-10-8-22(9-11-23)17-3-1-2-7-19-17;/h1-3,7,15-16H,4-6,8-14H2,(H,20,21);1H. The highest BCUT2D eigenvalue weighted by molar-refractivity contribution is 14.0. The maximum Gasteiger partial charge on any atom is 0.194 e. The zero-order chi connectivity index (χ0) is 18.0. The molecule has 0 spiro atoms. The van der Waals surface area contributed by atoms with Crippen LogP contribution in [0, 0.1) is 5.92 Å². The molecular weight excluding hydrogens is 477 g/mol. The molecule has 2 aliphatic heterocycles. The van der Waals surface area contributed by atoms with Crippen LogP contribution in [-0.2, 0) is 9.84 Å². The molecule has 0 amide bonds. The van der Waals surface area contributed by atoms with E-state index in [9.17, 15) is 8.42 Å². The molecule has 3 fully saturated rings. The van der Waals surface area contributed by atoms with E-state index in [0.29, 0.717) is 24.1 Å². The van der Waals surface area contributed by atoms with Gasteiger partial charge in [0.1, 0.15) is 5.82 Å². The molecule has 3 heterocycles. The largest absolute Gasteiger partial charge is 0.354 e. The van der Waals surface area contributed by atoms with E-state index in [1.165, 1.54) is 12.8 Å². The van der Waals surface area contributed by atoms with E-state index >= 15 is 0 Å². The van der Waals surface area contributed by atoms with Crippen molar-refractivity contribution in [2.45, 2.75) is 25.3 Å². The fourth-order valence-electron chi connectivity index (χ4n) is 3.57. The zero-order valence-corrected chi connectivity index (χ0v) is 18.6. The molecule has 1 N–H and O–H groups in total. The van der Waals surface area contributed by atoms with Crippen LogP contribution in [0.3, 0.4) is 0 Å². The van der Waals surface area contributed by atoms with E-state index in [-0.39, 0.29) is 29.9 Å². The lowest BCUT2D eigenvalue weighted by atomic mass is 10.1. The number of pyridine rings is 1. The predicted molar refractivity (Wildman–Crippen MR) is 119 cm³/mol. The van der Waals surface area contributed by atoms with Gasteiger partial charge in [-0.05, 0) is 37.3 Å². The Bertz CT molecular complexity index is 746. The molecule has 27 heavy (non-hydrogen) atoms. The molecule has 0 radical (unpaired) electrons. The van der Waals surface area contributed by atoms with Crippen LogP contribution >= 0.6 is 24.0 Å². The Morgan fingerprint density at radius 1 is 1.19 bits per heavy atom. The second-order valence-corrected chi connectivity index (χ2v) is 9.74. The summed E-state index contributed by atoms with van der Waals surface area (Å²) in [6.45, 7) is 4.24. The first-order valence-corrected chi connectivity index (χ1v) is 11.3. The van der Waals surface area contributed by atoms with E-state index in [2.05, 4.69) is 20.1 Å². The number of hydrogen-bond acceptors (Lipinski definition) is 5. The van der Waals surface area contributed by atoms with Crippen molar-refractivity contribution in [2.75, 3.05) is 49.1 Å². The van der Waals surface area contributed by atoms with Gasteiger partial charge in [-0.15, -0.1) is 24.0 Å². The molecule has 7 nitrogen and oxygen atoms in total.